The number of thioether (sulfide) groups is 2. The molecular weight excluding hydrogens is 265 g/mol. The number of rotatable bonds is 4. The Kier molecular flexibility index (Phi) is 5.39. The average molecular weight is 285 g/mol. The lowest BCUT2D eigenvalue weighted by molar-refractivity contribution is 0.541. The van der Waals surface area contributed by atoms with Gasteiger partial charge in [-0.2, -0.15) is 23.5 Å². The molecule has 1 aromatic rings. The molecule has 1 saturated heterocycles. The summed E-state index contributed by atoms with van der Waals surface area (Å²) in [6.07, 6.45) is 1.20. The van der Waals surface area contributed by atoms with Crippen LogP contribution in [0.3, 0.4) is 0 Å². The molecule has 18 heavy (non-hydrogen) atoms. The predicted octanol–water partition coefficient (Wildman–Crippen LogP) is 3.71. The van der Waals surface area contributed by atoms with Gasteiger partial charge in [-0.3, -0.25) is 0 Å². The minimum absolute atomic E-state index is 0.161. The van der Waals surface area contributed by atoms with Gasteiger partial charge in [-0.05, 0) is 31.2 Å². The van der Waals surface area contributed by atoms with Crippen LogP contribution in [0.4, 0.5) is 4.39 Å². The van der Waals surface area contributed by atoms with Gasteiger partial charge in [0.1, 0.15) is 5.82 Å². The van der Waals surface area contributed by atoms with Crippen molar-refractivity contribution in [1.82, 2.24) is 5.32 Å². The molecule has 1 nitrogen and oxygen atoms in total. The van der Waals surface area contributed by atoms with E-state index in [-0.39, 0.29) is 5.82 Å². The van der Waals surface area contributed by atoms with Gasteiger partial charge in [0.05, 0.1) is 0 Å². The first-order valence-corrected chi connectivity index (χ1v) is 8.52. The van der Waals surface area contributed by atoms with E-state index in [9.17, 15) is 4.39 Å². The van der Waals surface area contributed by atoms with Crippen molar-refractivity contribution < 1.29 is 4.39 Å². The molecule has 0 spiro atoms. The van der Waals surface area contributed by atoms with Crippen LogP contribution in [0.15, 0.2) is 24.3 Å². The second-order valence-corrected chi connectivity index (χ2v) is 7.10. The fraction of sp³-hybridized carbons (Fsp3) is 0.571. The van der Waals surface area contributed by atoms with Crippen molar-refractivity contribution in [1.29, 1.82) is 0 Å². The maximum absolute atomic E-state index is 13.0. The molecule has 0 aliphatic carbocycles. The third-order valence-electron chi connectivity index (χ3n) is 3.36. The van der Waals surface area contributed by atoms with Crippen molar-refractivity contribution in [3.05, 3.63) is 35.6 Å². The predicted molar refractivity (Wildman–Crippen MR) is 81.0 cm³/mol. The van der Waals surface area contributed by atoms with Gasteiger partial charge in [-0.1, -0.05) is 19.1 Å². The maximum atomic E-state index is 13.0. The quantitative estimate of drug-likeness (QED) is 0.905. The molecule has 1 aliphatic rings. The van der Waals surface area contributed by atoms with Gasteiger partial charge in [0, 0.05) is 28.0 Å². The summed E-state index contributed by atoms with van der Waals surface area (Å²) in [6.45, 7) is 2.26. The monoisotopic (exact) mass is 285 g/mol. The second-order valence-electron chi connectivity index (χ2n) is 4.47. The lowest BCUT2D eigenvalue weighted by Crippen LogP contribution is -2.37. The minimum atomic E-state index is -0.161. The highest BCUT2D eigenvalue weighted by Gasteiger charge is 2.32. The Labute approximate surface area is 117 Å². The molecule has 100 valence electrons. The summed E-state index contributed by atoms with van der Waals surface area (Å²) < 4.78 is 13.0. The first-order chi connectivity index (χ1) is 8.76. The third kappa shape index (κ3) is 3.22. The lowest BCUT2D eigenvalue weighted by Gasteiger charge is -2.36. The molecule has 1 fully saturated rings. The lowest BCUT2D eigenvalue weighted by atomic mass is 10.0. The van der Waals surface area contributed by atoms with Crippen molar-refractivity contribution >= 4 is 23.5 Å². The molecule has 1 aliphatic heterocycles. The molecule has 0 bridgehead atoms. The van der Waals surface area contributed by atoms with E-state index in [0.29, 0.717) is 16.5 Å². The topological polar surface area (TPSA) is 12.0 Å². The summed E-state index contributed by atoms with van der Waals surface area (Å²) in [4.78, 5) is 0. The Morgan fingerprint density at radius 3 is 2.56 bits per heavy atom. The standard InChI is InChI=1S/C14H20FNS2/c1-3-12-14(18-9-8-17-12)13(16-2)10-4-6-11(15)7-5-10/h4-7,12-14,16H,3,8-9H2,1-2H3. The van der Waals surface area contributed by atoms with Gasteiger partial charge in [-0.25, -0.2) is 4.39 Å². The number of halogens is 1. The van der Waals surface area contributed by atoms with Crippen LogP contribution < -0.4 is 5.32 Å². The maximum Gasteiger partial charge on any atom is 0.123 e. The van der Waals surface area contributed by atoms with Crippen LogP contribution in [0.5, 0.6) is 0 Å². The molecule has 1 N–H and O–H groups in total. The van der Waals surface area contributed by atoms with E-state index in [2.05, 4.69) is 35.8 Å². The summed E-state index contributed by atoms with van der Waals surface area (Å²) in [6, 6.07) is 7.24. The van der Waals surface area contributed by atoms with Crippen molar-refractivity contribution in [2.24, 2.45) is 0 Å². The Hall–Kier alpha value is -0.190. The molecule has 0 aromatic heterocycles. The first kappa shape index (κ1) is 14.2. The first-order valence-electron chi connectivity index (χ1n) is 6.42. The van der Waals surface area contributed by atoms with Gasteiger partial charge >= 0.3 is 0 Å². The average Bonchev–Trinajstić information content (AvgIpc) is 2.42. The van der Waals surface area contributed by atoms with Crippen LogP contribution in [0.2, 0.25) is 0 Å². The van der Waals surface area contributed by atoms with Crippen molar-refractivity contribution in [2.75, 3.05) is 18.6 Å². The summed E-state index contributed by atoms with van der Waals surface area (Å²) >= 11 is 4.13. The van der Waals surface area contributed by atoms with E-state index >= 15 is 0 Å². The van der Waals surface area contributed by atoms with E-state index in [4.69, 9.17) is 0 Å². The largest absolute Gasteiger partial charge is 0.312 e. The summed E-state index contributed by atoms with van der Waals surface area (Å²) in [5.41, 5.74) is 1.19. The Morgan fingerprint density at radius 2 is 1.94 bits per heavy atom. The number of hydrogen-bond donors (Lipinski definition) is 1. The molecule has 0 radical (unpaired) electrons. The summed E-state index contributed by atoms with van der Waals surface area (Å²) in [5.74, 6) is 2.30. The minimum Gasteiger partial charge on any atom is -0.312 e. The van der Waals surface area contributed by atoms with E-state index in [1.807, 2.05) is 19.2 Å². The molecule has 3 atom stereocenters. The highest BCUT2D eigenvalue weighted by molar-refractivity contribution is 8.07. The third-order valence-corrected chi connectivity index (χ3v) is 6.71. The van der Waals surface area contributed by atoms with Gasteiger partial charge in [0.15, 0.2) is 0 Å². The number of hydrogen-bond acceptors (Lipinski definition) is 3. The fourth-order valence-electron chi connectivity index (χ4n) is 2.44. The van der Waals surface area contributed by atoms with Crippen molar-refractivity contribution in [2.45, 2.75) is 29.9 Å². The highest BCUT2D eigenvalue weighted by atomic mass is 32.2. The van der Waals surface area contributed by atoms with Crippen LogP contribution in [0.1, 0.15) is 24.9 Å². The zero-order chi connectivity index (χ0) is 13.0. The fourth-order valence-corrected chi connectivity index (χ4v) is 5.73. The van der Waals surface area contributed by atoms with Crippen molar-refractivity contribution in [3.8, 4) is 0 Å². The normalized spacial score (nSPS) is 25.9. The molecule has 2 rings (SSSR count). The molecular formula is C14H20FNS2. The van der Waals surface area contributed by atoms with Crippen molar-refractivity contribution in [3.63, 3.8) is 0 Å². The Morgan fingerprint density at radius 1 is 1.28 bits per heavy atom. The number of benzene rings is 1. The SMILES string of the molecule is CCC1SCCSC1C(NC)c1ccc(F)cc1. The Balaban J connectivity index is 2.18. The van der Waals surface area contributed by atoms with E-state index in [0.717, 1.165) is 0 Å². The zero-order valence-corrected chi connectivity index (χ0v) is 12.5. The van der Waals surface area contributed by atoms with E-state index in [1.165, 1.54) is 23.5 Å². The number of nitrogens with one attached hydrogen (secondary N) is 1. The second kappa shape index (κ2) is 6.83. The zero-order valence-electron chi connectivity index (χ0n) is 10.9. The van der Waals surface area contributed by atoms with Crippen LogP contribution in [0.25, 0.3) is 0 Å². The van der Waals surface area contributed by atoms with Crippen LogP contribution in [0, 0.1) is 5.82 Å². The smallest absolute Gasteiger partial charge is 0.123 e. The summed E-state index contributed by atoms with van der Waals surface area (Å²) in [5, 5.41) is 4.67. The van der Waals surface area contributed by atoms with Gasteiger partial charge in [0.25, 0.3) is 0 Å². The van der Waals surface area contributed by atoms with E-state index in [1.54, 1.807) is 12.1 Å². The summed E-state index contributed by atoms with van der Waals surface area (Å²) in [7, 11) is 2.00. The molecule has 0 saturated carbocycles. The van der Waals surface area contributed by atoms with Gasteiger partial charge in [0.2, 0.25) is 0 Å². The molecule has 1 heterocycles. The molecule has 1 aromatic carbocycles. The van der Waals surface area contributed by atoms with E-state index < -0.39 is 0 Å². The van der Waals surface area contributed by atoms with Crippen LogP contribution in [-0.2, 0) is 0 Å². The van der Waals surface area contributed by atoms with Gasteiger partial charge in [-0.15, -0.1) is 0 Å². The highest BCUT2D eigenvalue weighted by Crippen LogP contribution is 2.40. The molecule has 3 unspecified atom stereocenters. The Bertz CT molecular complexity index is 369. The molecule has 0 amide bonds. The van der Waals surface area contributed by atoms with Gasteiger partial charge < -0.3 is 5.32 Å². The van der Waals surface area contributed by atoms with Crippen LogP contribution in [-0.4, -0.2) is 29.1 Å². The molecule has 4 heteroatoms. The van der Waals surface area contributed by atoms with Crippen LogP contribution >= 0.6 is 23.5 Å².